The molecule has 0 saturated carbocycles. The van der Waals surface area contributed by atoms with Crippen molar-refractivity contribution in [3.8, 4) is 0 Å². The van der Waals surface area contributed by atoms with E-state index < -0.39 is 0 Å². The predicted octanol–water partition coefficient (Wildman–Crippen LogP) is 3.08. The third-order valence-corrected chi connectivity index (χ3v) is 2.53. The molecule has 0 radical (unpaired) electrons. The topological polar surface area (TPSA) is 9.23 Å². The Morgan fingerprint density at radius 1 is 1.08 bits per heavy atom. The lowest BCUT2D eigenvalue weighted by atomic mass is 10.1. The van der Waals surface area contributed by atoms with Crippen LogP contribution in [0.3, 0.4) is 0 Å². The molecule has 0 fully saturated rings. The summed E-state index contributed by atoms with van der Waals surface area (Å²) in [4.78, 5) is 0. The number of rotatable bonds is 1. The minimum absolute atomic E-state index is 0.315. The summed E-state index contributed by atoms with van der Waals surface area (Å²) in [5, 5.41) is 0. The molecule has 2 atom stereocenters. The summed E-state index contributed by atoms with van der Waals surface area (Å²) >= 11 is 0. The van der Waals surface area contributed by atoms with Gasteiger partial charge in [-0.25, -0.2) is 0 Å². The lowest BCUT2D eigenvalue weighted by Gasteiger charge is -2.10. The zero-order chi connectivity index (χ0) is 9.26. The van der Waals surface area contributed by atoms with Crippen LogP contribution in [-0.2, 0) is 4.74 Å². The lowest BCUT2D eigenvalue weighted by molar-refractivity contribution is 0.177. The molecule has 0 saturated heterocycles. The highest BCUT2D eigenvalue weighted by atomic mass is 16.5. The van der Waals surface area contributed by atoms with Crippen LogP contribution >= 0.6 is 0 Å². The van der Waals surface area contributed by atoms with Gasteiger partial charge in [0.1, 0.15) is 11.9 Å². The van der Waals surface area contributed by atoms with Gasteiger partial charge in [-0.2, -0.15) is 0 Å². The SMILES string of the molecule is CC1C=C(c2ccccc2)OC1C. The van der Waals surface area contributed by atoms with Crippen molar-refractivity contribution in [3.05, 3.63) is 42.0 Å². The molecular weight excluding hydrogens is 160 g/mol. The second kappa shape index (κ2) is 3.25. The molecule has 0 aromatic heterocycles. The number of hydrogen-bond acceptors (Lipinski definition) is 1. The van der Waals surface area contributed by atoms with Crippen molar-refractivity contribution in [1.82, 2.24) is 0 Å². The van der Waals surface area contributed by atoms with E-state index in [-0.39, 0.29) is 0 Å². The number of hydrogen-bond donors (Lipinski definition) is 0. The van der Waals surface area contributed by atoms with Gasteiger partial charge in [-0.1, -0.05) is 37.3 Å². The molecule has 1 aromatic carbocycles. The van der Waals surface area contributed by atoms with Gasteiger partial charge in [0.05, 0.1) is 0 Å². The fourth-order valence-corrected chi connectivity index (χ4v) is 1.49. The zero-order valence-corrected chi connectivity index (χ0v) is 8.03. The highest BCUT2D eigenvalue weighted by Gasteiger charge is 2.21. The van der Waals surface area contributed by atoms with E-state index >= 15 is 0 Å². The second-order valence-electron chi connectivity index (χ2n) is 3.58. The molecule has 1 heterocycles. The highest BCUT2D eigenvalue weighted by molar-refractivity contribution is 5.61. The Balaban J connectivity index is 2.25. The van der Waals surface area contributed by atoms with Gasteiger partial charge >= 0.3 is 0 Å². The third kappa shape index (κ3) is 1.59. The second-order valence-corrected chi connectivity index (χ2v) is 3.58. The molecule has 0 bridgehead atoms. The van der Waals surface area contributed by atoms with Gasteiger partial charge < -0.3 is 4.74 Å². The first-order valence-electron chi connectivity index (χ1n) is 4.71. The average Bonchev–Trinajstić information content (AvgIpc) is 2.49. The molecule has 0 amide bonds. The van der Waals surface area contributed by atoms with E-state index in [0.29, 0.717) is 12.0 Å². The minimum Gasteiger partial charge on any atom is -0.490 e. The van der Waals surface area contributed by atoms with Crippen LogP contribution in [0.2, 0.25) is 0 Å². The Hall–Kier alpha value is -1.24. The van der Waals surface area contributed by atoms with Crippen LogP contribution in [0, 0.1) is 5.92 Å². The standard InChI is InChI=1S/C12H14O/c1-9-8-12(13-10(9)2)11-6-4-3-5-7-11/h3-10H,1-2H3. The number of benzene rings is 1. The van der Waals surface area contributed by atoms with Gasteiger partial charge in [0.25, 0.3) is 0 Å². The molecule has 0 N–H and O–H groups in total. The molecule has 0 spiro atoms. The van der Waals surface area contributed by atoms with Crippen molar-refractivity contribution in [2.45, 2.75) is 20.0 Å². The summed E-state index contributed by atoms with van der Waals surface area (Å²) < 4.78 is 5.72. The largest absolute Gasteiger partial charge is 0.490 e. The lowest BCUT2D eigenvalue weighted by Crippen LogP contribution is -2.07. The molecule has 2 unspecified atom stereocenters. The van der Waals surface area contributed by atoms with Crippen LogP contribution in [0.5, 0.6) is 0 Å². The van der Waals surface area contributed by atoms with Crippen LogP contribution in [0.15, 0.2) is 36.4 Å². The van der Waals surface area contributed by atoms with Crippen molar-refractivity contribution in [1.29, 1.82) is 0 Å². The highest BCUT2D eigenvalue weighted by Crippen LogP contribution is 2.29. The molecule has 1 nitrogen and oxygen atoms in total. The van der Waals surface area contributed by atoms with Gasteiger partial charge in [0.15, 0.2) is 0 Å². The maximum Gasteiger partial charge on any atom is 0.123 e. The van der Waals surface area contributed by atoms with Crippen molar-refractivity contribution >= 4 is 5.76 Å². The first-order chi connectivity index (χ1) is 6.27. The minimum atomic E-state index is 0.315. The zero-order valence-electron chi connectivity index (χ0n) is 8.03. The van der Waals surface area contributed by atoms with Crippen molar-refractivity contribution < 1.29 is 4.74 Å². The fraction of sp³-hybridized carbons (Fsp3) is 0.333. The summed E-state index contributed by atoms with van der Waals surface area (Å²) in [5.74, 6) is 1.55. The van der Waals surface area contributed by atoms with E-state index in [4.69, 9.17) is 4.74 Å². The van der Waals surface area contributed by atoms with Crippen LogP contribution < -0.4 is 0 Å². The van der Waals surface area contributed by atoms with Gasteiger partial charge in [0.2, 0.25) is 0 Å². The molecule has 1 aliphatic rings. The monoisotopic (exact) mass is 174 g/mol. The smallest absolute Gasteiger partial charge is 0.123 e. The molecular formula is C12H14O. The van der Waals surface area contributed by atoms with Crippen LogP contribution in [-0.4, -0.2) is 6.10 Å². The summed E-state index contributed by atoms with van der Waals surface area (Å²) in [6.07, 6.45) is 2.51. The Morgan fingerprint density at radius 3 is 2.31 bits per heavy atom. The molecule has 68 valence electrons. The number of ether oxygens (including phenoxy) is 1. The van der Waals surface area contributed by atoms with Crippen molar-refractivity contribution in [2.75, 3.05) is 0 Å². The first kappa shape index (κ1) is 8.36. The van der Waals surface area contributed by atoms with E-state index in [0.717, 1.165) is 5.76 Å². The van der Waals surface area contributed by atoms with Crippen LogP contribution in [0.4, 0.5) is 0 Å². The van der Waals surface area contributed by atoms with Gasteiger partial charge in [-0.05, 0) is 13.0 Å². The van der Waals surface area contributed by atoms with E-state index in [9.17, 15) is 0 Å². The van der Waals surface area contributed by atoms with Crippen molar-refractivity contribution in [3.63, 3.8) is 0 Å². The average molecular weight is 174 g/mol. The molecule has 1 aliphatic heterocycles. The summed E-state index contributed by atoms with van der Waals surface area (Å²) in [7, 11) is 0. The van der Waals surface area contributed by atoms with Gasteiger partial charge in [-0.3, -0.25) is 0 Å². The Labute approximate surface area is 79.0 Å². The van der Waals surface area contributed by atoms with E-state index in [1.54, 1.807) is 0 Å². The Morgan fingerprint density at radius 2 is 1.77 bits per heavy atom. The maximum absolute atomic E-state index is 5.72. The molecule has 13 heavy (non-hydrogen) atoms. The molecule has 1 aromatic rings. The normalized spacial score (nSPS) is 26.8. The van der Waals surface area contributed by atoms with E-state index in [2.05, 4.69) is 32.1 Å². The van der Waals surface area contributed by atoms with Crippen molar-refractivity contribution in [2.24, 2.45) is 5.92 Å². The Kier molecular flexibility index (Phi) is 2.09. The summed E-state index contributed by atoms with van der Waals surface area (Å²) in [5.41, 5.74) is 1.18. The maximum atomic E-state index is 5.72. The van der Waals surface area contributed by atoms with Crippen LogP contribution in [0.25, 0.3) is 5.76 Å². The van der Waals surface area contributed by atoms with E-state index in [1.165, 1.54) is 5.56 Å². The summed E-state index contributed by atoms with van der Waals surface area (Å²) in [6.45, 7) is 4.29. The molecule has 1 heteroatoms. The van der Waals surface area contributed by atoms with Gasteiger partial charge in [-0.15, -0.1) is 0 Å². The Bertz CT molecular complexity index is 313. The molecule has 2 rings (SSSR count). The quantitative estimate of drug-likeness (QED) is 0.635. The first-order valence-corrected chi connectivity index (χ1v) is 4.71. The fourth-order valence-electron chi connectivity index (χ4n) is 1.49. The van der Waals surface area contributed by atoms with Crippen LogP contribution in [0.1, 0.15) is 19.4 Å². The summed E-state index contributed by atoms with van der Waals surface area (Å²) in [6, 6.07) is 10.2. The third-order valence-electron chi connectivity index (χ3n) is 2.53. The molecule has 0 aliphatic carbocycles. The predicted molar refractivity (Wildman–Crippen MR) is 54.1 cm³/mol. The van der Waals surface area contributed by atoms with Gasteiger partial charge in [0, 0.05) is 11.5 Å². The van der Waals surface area contributed by atoms with E-state index in [1.807, 2.05) is 18.2 Å².